The van der Waals surface area contributed by atoms with E-state index in [1.165, 1.54) is 4.90 Å². The molecule has 0 unspecified atom stereocenters. The summed E-state index contributed by atoms with van der Waals surface area (Å²) in [5, 5.41) is 2.89. The van der Waals surface area contributed by atoms with Gasteiger partial charge in [-0.3, -0.25) is 9.69 Å². The number of hydrogen-bond donors (Lipinski definition) is 1. The van der Waals surface area contributed by atoms with Gasteiger partial charge in [0.1, 0.15) is 5.54 Å². The number of urea groups is 1. The zero-order chi connectivity index (χ0) is 17.0. The number of imide groups is 1. The van der Waals surface area contributed by atoms with Gasteiger partial charge in [-0.25, -0.2) is 4.79 Å². The second-order valence-electron chi connectivity index (χ2n) is 5.78. The fraction of sp³-hybridized carbons (Fsp3) is 0.200. The second-order valence-corrected chi connectivity index (χ2v) is 5.78. The smallest absolute Gasteiger partial charge is 0.319 e. The molecular formula is C20H20N2O2. The summed E-state index contributed by atoms with van der Waals surface area (Å²) in [4.78, 5) is 26.5. The van der Waals surface area contributed by atoms with Gasteiger partial charge in [0, 0.05) is 6.54 Å². The Balaban J connectivity index is 1.80. The van der Waals surface area contributed by atoms with Crippen LogP contribution in [0.3, 0.4) is 0 Å². The van der Waals surface area contributed by atoms with Crippen LogP contribution in [0.25, 0.3) is 6.08 Å². The Hall–Kier alpha value is -2.88. The molecular weight excluding hydrogens is 300 g/mol. The first-order chi connectivity index (χ1) is 11.7. The number of rotatable bonds is 5. The van der Waals surface area contributed by atoms with Crippen molar-refractivity contribution in [1.82, 2.24) is 10.2 Å². The van der Waals surface area contributed by atoms with E-state index in [9.17, 15) is 9.59 Å². The molecule has 122 valence electrons. The van der Waals surface area contributed by atoms with Crippen molar-refractivity contribution in [2.45, 2.75) is 18.9 Å². The van der Waals surface area contributed by atoms with E-state index in [-0.39, 0.29) is 18.5 Å². The summed E-state index contributed by atoms with van der Waals surface area (Å²) in [6.45, 7) is 2.17. The summed E-state index contributed by atoms with van der Waals surface area (Å²) in [5.41, 5.74) is 0.897. The van der Waals surface area contributed by atoms with Crippen molar-refractivity contribution < 1.29 is 9.59 Å². The van der Waals surface area contributed by atoms with Crippen LogP contribution in [-0.2, 0) is 10.3 Å². The van der Waals surface area contributed by atoms with Gasteiger partial charge in [-0.15, -0.1) is 0 Å². The molecule has 1 fully saturated rings. The number of nitrogens with zero attached hydrogens (tertiary/aromatic N) is 1. The standard InChI is InChI=1S/C20H20N2O2/c1-2-20(17-13-7-4-8-14-17)18(23)22(19(24)21-20)15-9-12-16-10-5-3-6-11-16/h3-14H,2,15H2,1H3,(H,21,24)/b12-9+/t20-/m1/s1. The average molecular weight is 320 g/mol. The Labute approximate surface area is 141 Å². The second kappa shape index (κ2) is 6.71. The number of benzene rings is 2. The molecule has 24 heavy (non-hydrogen) atoms. The van der Waals surface area contributed by atoms with Gasteiger partial charge in [-0.05, 0) is 17.5 Å². The van der Waals surface area contributed by atoms with E-state index in [0.29, 0.717) is 6.42 Å². The number of amides is 3. The molecule has 2 aromatic carbocycles. The molecule has 1 N–H and O–H groups in total. The average Bonchev–Trinajstić information content (AvgIpc) is 2.88. The first-order valence-electron chi connectivity index (χ1n) is 8.08. The Morgan fingerprint density at radius 2 is 1.62 bits per heavy atom. The number of carbonyl (C=O) groups excluding carboxylic acids is 2. The summed E-state index contributed by atoms with van der Waals surface area (Å²) in [6.07, 6.45) is 4.26. The highest BCUT2D eigenvalue weighted by Gasteiger charge is 2.50. The molecule has 1 aliphatic heterocycles. The van der Waals surface area contributed by atoms with Gasteiger partial charge in [0.25, 0.3) is 5.91 Å². The summed E-state index contributed by atoms with van der Waals surface area (Å²) in [6, 6.07) is 18.9. The highest BCUT2D eigenvalue weighted by Crippen LogP contribution is 2.32. The number of carbonyl (C=O) groups is 2. The lowest BCUT2D eigenvalue weighted by Gasteiger charge is -2.25. The molecule has 0 aromatic heterocycles. The van der Waals surface area contributed by atoms with Gasteiger partial charge < -0.3 is 5.32 Å². The van der Waals surface area contributed by atoms with Gasteiger partial charge in [0.2, 0.25) is 0 Å². The third kappa shape index (κ3) is 2.83. The van der Waals surface area contributed by atoms with Crippen molar-refractivity contribution in [3.8, 4) is 0 Å². The Kier molecular flexibility index (Phi) is 4.47. The van der Waals surface area contributed by atoms with Crippen LogP contribution in [0.5, 0.6) is 0 Å². The molecule has 3 amide bonds. The lowest BCUT2D eigenvalue weighted by molar-refractivity contribution is -0.131. The van der Waals surface area contributed by atoms with Crippen LogP contribution in [0.1, 0.15) is 24.5 Å². The lowest BCUT2D eigenvalue weighted by atomic mass is 9.87. The maximum Gasteiger partial charge on any atom is 0.325 e. The first-order valence-corrected chi connectivity index (χ1v) is 8.08. The Bertz CT molecular complexity index is 756. The molecule has 2 aromatic rings. The van der Waals surface area contributed by atoms with Crippen LogP contribution < -0.4 is 5.32 Å². The van der Waals surface area contributed by atoms with Crippen molar-refractivity contribution in [3.63, 3.8) is 0 Å². The summed E-state index contributed by atoms with van der Waals surface area (Å²) in [5.74, 6) is -0.195. The van der Waals surface area contributed by atoms with E-state index >= 15 is 0 Å². The van der Waals surface area contributed by atoms with Crippen molar-refractivity contribution in [2.24, 2.45) is 0 Å². The van der Waals surface area contributed by atoms with Crippen LogP contribution in [-0.4, -0.2) is 23.4 Å². The van der Waals surface area contributed by atoms with Crippen molar-refractivity contribution in [3.05, 3.63) is 77.9 Å². The molecule has 4 heteroatoms. The quantitative estimate of drug-likeness (QED) is 0.856. The molecule has 1 saturated heterocycles. The maximum absolute atomic E-state index is 12.9. The molecule has 0 saturated carbocycles. The molecule has 0 bridgehead atoms. The number of hydrogen-bond acceptors (Lipinski definition) is 2. The minimum atomic E-state index is -0.959. The molecule has 3 rings (SSSR count). The topological polar surface area (TPSA) is 49.4 Å². The molecule has 4 nitrogen and oxygen atoms in total. The fourth-order valence-electron chi connectivity index (χ4n) is 3.01. The van der Waals surface area contributed by atoms with Gasteiger partial charge in [-0.1, -0.05) is 79.7 Å². The van der Waals surface area contributed by atoms with Crippen LogP contribution in [0.2, 0.25) is 0 Å². The molecule has 1 aliphatic rings. The van der Waals surface area contributed by atoms with Crippen molar-refractivity contribution >= 4 is 18.0 Å². The maximum atomic E-state index is 12.9. The molecule has 0 radical (unpaired) electrons. The van der Waals surface area contributed by atoms with Gasteiger partial charge >= 0.3 is 6.03 Å². The third-order valence-electron chi connectivity index (χ3n) is 4.37. The monoisotopic (exact) mass is 320 g/mol. The zero-order valence-corrected chi connectivity index (χ0v) is 13.6. The number of nitrogens with one attached hydrogen (secondary N) is 1. The van der Waals surface area contributed by atoms with Crippen molar-refractivity contribution in [1.29, 1.82) is 0 Å². The minimum absolute atomic E-state index is 0.195. The van der Waals surface area contributed by atoms with E-state index in [4.69, 9.17) is 0 Å². The van der Waals surface area contributed by atoms with E-state index in [0.717, 1.165) is 11.1 Å². The summed E-state index contributed by atoms with van der Waals surface area (Å²) >= 11 is 0. The molecule has 1 heterocycles. The summed E-state index contributed by atoms with van der Waals surface area (Å²) < 4.78 is 0. The lowest BCUT2D eigenvalue weighted by Crippen LogP contribution is -2.43. The zero-order valence-electron chi connectivity index (χ0n) is 13.6. The van der Waals surface area contributed by atoms with Gasteiger partial charge in [0.15, 0.2) is 0 Å². The predicted molar refractivity (Wildman–Crippen MR) is 94.1 cm³/mol. The predicted octanol–water partition coefficient (Wildman–Crippen LogP) is 3.56. The third-order valence-corrected chi connectivity index (χ3v) is 4.37. The summed E-state index contributed by atoms with van der Waals surface area (Å²) in [7, 11) is 0. The van der Waals surface area contributed by atoms with E-state index in [1.54, 1.807) is 0 Å². The van der Waals surface area contributed by atoms with Crippen LogP contribution >= 0.6 is 0 Å². The molecule has 0 aliphatic carbocycles. The first kappa shape index (κ1) is 16.0. The van der Waals surface area contributed by atoms with Crippen LogP contribution in [0.15, 0.2) is 66.7 Å². The van der Waals surface area contributed by atoms with Crippen LogP contribution in [0, 0.1) is 0 Å². The van der Waals surface area contributed by atoms with E-state index < -0.39 is 5.54 Å². The van der Waals surface area contributed by atoms with Crippen LogP contribution in [0.4, 0.5) is 4.79 Å². The highest BCUT2D eigenvalue weighted by atomic mass is 16.2. The molecule has 0 spiro atoms. The van der Waals surface area contributed by atoms with Gasteiger partial charge in [-0.2, -0.15) is 0 Å². The Morgan fingerprint density at radius 1 is 1.00 bits per heavy atom. The van der Waals surface area contributed by atoms with Gasteiger partial charge in [0.05, 0.1) is 0 Å². The SMILES string of the molecule is CC[C@]1(c2ccccc2)NC(=O)N(C/C=C/c2ccccc2)C1=O. The highest BCUT2D eigenvalue weighted by molar-refractivity contribution is 6.07. The fourth-order valence-corrected chi connectivity index (χ4v) is 3.01. The largest absolute Gasteiger partial charge is 0.325 e. The molecule has 1 atom stereocenters. The van der Waals surface area contributed by atoms with Crippen molar-refractivity contribution in [2.75, 3.05) is 6.54 Å². The Morgan fingerprint density at radius 3 is 2.25 bits per heavy atom. The normalized spacial score (nSPS) is 20.6. The minimum Gasteiger partial charge on any atom is -0.319 e. The van der Waals surface area contributed by atoms with E-state index in [2.05, 4.69) is 5.32 Å². The van der Waals surface area contributed by atoms with E-state index in [1.807, 2.05) is 79.7 Å².